The van der Waals surface area contributed by atoms with Gasteiger partial charge in [-0.2, -0.15) is 0 Å². The van der Waals surface area contributed by atoms with Crippen molar-refractivity contribution in [3.05, 3.63) is 22.7 Å². The van der Waals surface area contributed by atoms with Gasteiger partial charge in [-0.25, -0.2) is 0 Å². The predicted octanol–water partition coefficient (Wildman–Crippen LogP) is 3.85. The van der Waals surface area contributed by atoms with Crippen molar-refractivity contribution in [2.24, 2.45) is 0 Å². The minimum Gasteiger partial charge on any atom is -0.490 e. The third kappa shape index (κ3) is 4.14. The molecule has 1 saturated heterocycles. The summed E-state index contributed by atoms with van der Waals surface area (Å²) in [5.74, 6) is 1.09. The van der Waals surface area contributed by atoms with E-state index in [-0.39, 0.29) is 24.0 Å². The van der Waals surface area contributed by atoms with Gasteiger partial charge in [0.1, 0.15) is 11.5 Å². The molecule has 1 unspecified atom stereocenters. The molecule has 1 N–H and O–H groups in total. The highest BCUT2D eigenvalue weighted by Crippen LogP contribution is 2.35. The summed E-state index contributed by atoms with van der Waals surface area (Å²) in [6, 6.07) is 3.24. The first-order chi connectivity index (χ1) is 10.4. The Morgan fingerprint density at radius 3 is 2.36 bits per heavy atom. The highest BCUT2D eigenvalue weighted by atomic mass is 35.5. The molecule has 1 heterocycles. The maximum atomic E-state index is 12.8. The van der Waals surface area contributed by atoms with Crippen molar-refractivity contribution >= 4 is 17.4 Å². The van der Waals surface area contributed by atoms with Gasteiger partial charge in [0, 0.05) is 6.07 Å². The van der Waals surface area contributed by atoms with Gasteiger partial charge in [-0.05, 0) is 53.1 Å². The van der Waals surface area contributed by atoms with E-state index in [9.17, 15) is 4.79 Å². The standard InChI is InChI=1S/C17H24ClNO3/c1-10(2)21-15-9-13(18)16(22-11(3)4)8-12(15)17(20)14-6-5-7-19-14/h8-11,14,19H,5-7H2,1-4H3. The number of rotatable bonds is 6. The molecule has 22 heavy (non-hydrogen) atoms. The first-order valence-electron chi connectivity index (χ1n) is 7.83. The number of hydrogen-bond donors (Lipinski definition) is 1. The smallest absolute Gasteiger partial charge is 0.183 e. The lowest BCUT2D eigenvalue weighted by Crippen LogP contribution is -2.31. The molecule has 122 valence electrons. The summed E-state index contributed by atoms with van der Waals surface area (Å²) in [4.78, 5) is 12.8. The maximum Gasteiger partial charge on any atom is 0.183 e. The highest BCUT2D eigenvalue weighted by molar-refractivity contribution is 6.32. The molecule has 2 rings (SSSR count). The molecule has 0 saturated carbocycles. The Kier molecular flexibility index (Phi) is 5.70. The Bertz CT molecular complexity index is 537. The van der Waals surface area contributed by atoms with Crippen LogP contribution in [0.25, 0.3) is 0 Å². The Morgan fingerprint density at radius 1 is 1.18 bits per heavy atom. The second-order valence-corrected chi connectivity index (χ2v) is 6.53. The average Bonchev–Trinajstić information content (AvgIpc) is 2.94. The van der Waals surface area contributed by atoms with Crippen molar-refractivity contribution in [2.45, 2.75) is 58.8 Å². The van der Waals surface area contributed by atoms with E-state index in [1.54, 1.807) is 12.1 Å². The molecule has 0 aliphatic carbocycles. The normalized spacial score (nSPS) is 18.0. The SMILES string of the molecule is CC(C)Oc1cc(C(=O)C2CCCN2)c(OC(C)C)cc1Cl. The topological polar surface area (TPSA) is 47.6 Å². The monoisotopic (exact) mass is 325 g/mol. The van der Waals surface area contributed by atoms with Gasteiger partial charge in [0.25, 0.3) is 0 Å². The zero-order chi connectivity index (χ0) is 16.3. The largest absolute Gasteiger partial charge is 0.490 e. The molecule has 0 spiro atoms. The first-order valence-corrected chi connectivity index (χ1v) is 8.20. The number of benzene rings is 1. The molecule has 5 heteroatoms. The Balaban J connectivity index is 2.39. The second kappa shape index (κ2) is 7.34. The number of nitrogens with one attached hydrogen (secondary N) is 1. The zero-order valence-corrected chi connectivity index (χ0v) is 14.4. The molecule has 1 aromatic rings. The van der Waals surface area contributed by atoms with Crippen LogP contribution in [0.5, 0.6) is 11.5 Å². The van der Waals surface area contributed by atoms with Crippen LogP contribution in [0.1, 0.15) is 50.9 Å². The Hall–Kier alpha value is -1.26. The van der Waals surface area contributed by atoms with E-state index in [1.807, 2.05) is 27.7 Å². The third-order valence-electron chi connectivity index (χ3n) is 3.40. The van der Waals surface area contributed by atoms with Gasteiger partial charge in [-0.3, -0.25) is 4.79 Å². The quantitative estimate of drug-likeness (QED) is 0.807. The summed E-state index contributed by atoms with van der Waals surface area (Å²) in [5.41, 5.74) is 0.535. The summed E-state index contributed by atoms with van der Waals surface area (Å²) in [6.45, 7) is 8.58. The van der Waals surface area contributed by atoms with Gasteiger partial charge in [0.05, 0.1) is 28.8 Å². The lowest BCUT2D eigenvalue weighted by Gasteiger charge is -2.19. The summed E-state index contributed by atoms with van der Waals surface area (Å²) in [5, 5.41) is 3.69. The average molecular weight is 326 g/mol. The van der Waals surface area contributed by atoms with Crippen molar-refractivity contribution in [1.82, 2.24) is 5.32 Å². The van der Waals surface area contributed by atoms with Gasteiger partial charge in [0.2, 0.25) is 0 Å². The molecule has 1 atom stereocenters. The second-order valence-electron chi connectivity index (χ2n) is 6.13. The van der Waals surface area contributed by atoms with Crippen LogP contribution in [-0.2, 0) is 0 Å². The lowest BCUT2D eigenvalue weighted by atomic mass is 10.0. The van der Waals surface area contributed by atoms with Crippen LogP contribution in [0.15, 0.2) is 12.1 Å². The number of Topliss-reactive ketones (excluding diaryl/α,β-unsaturated/α-hetero) is 1. The fourth-order valence-electron chi connectivity index (χ4n) is 2.52. The number of ketones is 1. The van der Waals surface area contributed by atoms with E-state index in [0.717, 1.165) is 19.4 Å². The molecule has 1 aliphatic heterocycles. The minimum absolute atomic E-state index is 0.0121. The van der Waals surface area contributed by atoms with Gasteiger partial charge in [-0.15, -0.1) is 0 Å². The van der Waals surface area contributed by atoms with Gasteiger partial charge in [0.15, 0.2) is 5.78 Å². The molecule has 1 aromatic carbocycles. The summed E-state index contributed by atoms with van der Waals surface area (Å²) in [7, 11) is 0. The predicted molar refractivity (Wildman–Crippen MR) is 88.3 cm³/mol. The molecular formula is C17H24ClNO3. The van der Waals surface area contributed by atoms with Crippen LogP contribution in [0.2, 0.25) is 5.02 Å². The van der Waals surface area contributed by atoms with Crippen LogP contribution < -0.4 is 14.8 Å². The molecule has 0 bridgehead atoms. The van der Waals surface area contributed by atoms with Crippen LogP contribution in [0.3, 0.4) is 0 Å². The Morgan fingerprint density at radius 2 is 1.82 bits per heavy atom. The summed E-state index contributed by atoms with van der Waals surface area (Å²) < 4.78 is 11.5. The minimum atomic E-state index is -0.150. The first kappa shape index (κ1) is 17.1. The number of hydrogen-bond acceptors (Lipinski definition) is 4. The zero-order valence-electron chi connectivity index (χ0n) is 13.6. The van der Waals surface area contributed by atoms with Crippen LogP contribution >= 0.6 is 11.6 Å². The van der Waals surface area contributed by atoms with Crippen molar-refractivity contribution in [2.75, 3.05) is 6.54 Å². The summed E-state index contributed by atoms with van der Waals surface area (Å²) in [6.07, 6.45) is 1.82. The van der Waals surface area contributed by atoms with Crippen molar-refractivity contribution < 1.29 is 14.3 Å². The van der Waals surface area contributed by atoms with Crippen LogP contribution in [0, 0.1) is 0 Å². The van der Waals surface area contributed by atoms with E-state index in [4.69, 9.17) is 21.1 Å². The van der Waals surface area contributed by atoms with Crippen LogP contribution in [0.4, 0.5) is 0 Å². The van der Waals surface area contributed by atoms with E-state index in [1.165, 1.54) is 0 Å². The fourth-order valence-corrected chi connectivity index (χ4v) is 2.72. The molecule has 0 aromatic heterocycles. The van der Waals surface area contributed by atoms with E-state index < -0.39 is 0 Å². The van der Waals surface area contributed by atoms with Gasteiger partial charge < -0.3 is 14.8 Å². The van der Waals surface area contributed by atoms with E-state index >= 15 is 0 Å². The van der Waals surface area contributed by atoms with Crippen molar-refractivity contribution in [1.29, 1.82) is 0 Å². The lowest BCUT2D eigenvalue weighted by molar-refractivity contribution is 0.0945. The Labute approximate surface area is 137 Å². The molecule has 0 radical (unpaired) electrons. The fraction of sp³-hybridized carbons (Fsp3) is 0.588. The van der Waals surface area contributed by atoms with Crippen molar-refractivity contribution in [3.8, 4) is 11.5 Å². The maximum absolute atomic E-state index is 12.8. The van der Waals surface area contributed by atoms with Crippen molar-refractivity contribution in [3.63, 3.8) is 0 Å². The van der Waals surface area contributed by atoms with Gasteiger partial charge >= 0.3 is 0 Å². The highest BCUT2D eigenvalue weighted by Gasteiger charge is 2.27. The molecular weight excluding hydrogens is 302 g/mol. The van der Waals surface area contributed by atoms with Crippen LogP contribution in [-0.4, -0.2) is 30.6 Å². The molecule has 1 fully saturated rings. The molecule has 4 nitrogen and oxygen atoms in total. The molecule has 1 aliphatic rings. The number of carbonyl (C=O) groups is 1. The number of ether oxygens (including phenoxy) is 2. The number of carbonyl (C=O) groups excluding carboxylic acids is 1. The third-order valence-corrected chi connectivity index (χ3v) is 3.70. The van der Waals surface area contributed by atoms with Gasteiger partial charge in [-0.1, -0.05) is 11.6 Å². The van der Waals surface area contributed by atoms with E-state index in [0.29, 0.717) is 22.1 Å². The number of halogens is 1. The molecule has 0 amide bonds. The van der Waals surface area contributed by atoms with E-state index in [2.05, 4.69) is 5.32 Å². The summed E-state index contributed by atoms with van der Waals surface area (Å²) >= 11 is 6.26.